The number of rotatable bonds is 8. The van der Waals surface area contributed by atoms with Crippen molar-refractivity contribution in [3.8, 4) is 0 Å². The molecule has 0 aliphatic rings. The van der Waals surface area contributed by atoms with Gasteiger partial charge in [-0.2, -0.15) is 9.61 Å². The molecule has 0 spiro atoms. The van der Waals surface area contributed by atoms with E-state index in [0.717, 1.165) is 36.4 Å². The minimum absolute atomic E-state index is 0.788. The smallest absolute Gasteiger partial charge is 0.157 e. The molecule has 0 atom stereocenters. The second kappa shape index (κ2) is 7.43. The standard InChI is InChI=1S/C17H28N4/c1-4-6-8-9-10-14-15(11-7-5-2)19-16-12-13(3)20-21(16)17(14)18/h12H,4-11,18H2,1-3H3. The highest BCUT2D eigenvalue weighted by atomic mass is 15.3. The molecule has 4 heteroatoms. The summed E-state index contributed by atoms with van der Waals surface area (Å²) >= 11 is 0. The first kappa shape index (κ1) is 15.8. The van der Waals surface area contributed by atoms with Crippen LogP contribution in [0.15, 0.2) is 6.07 Å². The van der Waals surface area contributed by atoms with Crippen LogP contribution >= 0.6 is 0 Å². The topological polar surface area (TPSA) is 56.2 Å². The maximum absolute atomic E-state index is 6.38. The molecule has 0 radical (unpaired) electrons. The Morgan fingerprint density at radius 2 is 1.81 bits per heavy atom. The van der Waals surface area contributed by atoms with Gasteiger partial charge < -0.3 is 5.73 Å². The monoisotopic (exact) mass is 288 g/mol. The summed E-state index contributed by atoms with van der Waals surface area (Å²) in [4.78, 5) is 4.81. The fourth-order valence-corrected chi connectivity index (χ4v) is 2.78. The Labute approximate surface area is 127 Å². The van der Waals surface area contributed by atoms with E-state index in [1.54, 1.807) is 4.52 Å². The highest BCUT2D eigenvalue weighted by molar-refractivity contribution is 5.53. The van der Waals surface area contributed by atoms with Crippen LogP contribution in [0.3, 0.4) is 0 Å². The first-order chi connectivity index (χ1) is 10.2. The summed E-state index contributed by atoms with van der Waals surface area (Å²) in [6.07, 6.45) is 9.38. The van der Waals surface area contributed by atoms with Crippen LogP contribution in [0.1, 0.15) is 69.3 Å². The number of aryl methyl sites for hydroxylation is 2. The van der Waals surface area contributed by atoms with Gasteiger partial charge in [0.15, 0.2) is 5.65 Å². The van der Waals surface area contributed by atoms with E-state index < -0.39 is 0 Å². The van der Waals surface area contributed by atoms with Crippen LogP contribution in [-0.2, 0) is 12.8 Å². The minimum Gasteiger partial charge on any atom is -0.383 e. The number of fused-ring (bicyclic) bond motifs is 1. The number of hydrogen-bond donors (Lipinski definition) is 1. The summed E-state index contributed by atoms with van der Waals surface area (Å²) < 4.78 is 1.81. The fourth-order valence-electron chi connectivity index (χ4n) is 2.78. The molecule has 2 aromatic heterocycles. The van der Waals surface area contributed by atoms with Crippen molar-refractivity contribution >= 4 is 11.5 Å². The lowest BCUT2D eigenvalue weighted by Gasteiger charge is -2.13. The second-order valence-corrected chi connectivity index (χ2v) is 5.89. The molecule has 2 heterocycles. The molecule has 2 aromatic rings. The van der Waals surface area contributed by atoms with Crippen molar-refractivity contribution in [2.75, 3.05) is 5.73 Å². The van der Waals surface area contributed by atoms with E-state index in [4.69, 9.17) is 10.7 Å². The molecular weight excluding hydrogens is 260 g/mol. The van der Waals surface area contributed by atoms with Crippen molar-refractivity contribution in [3.05, 3.63) is 23.0 Å². The van der Waals surface area contributed by atoms with Gasteiger partial charge in [-0.05, 0) is 32.6 Å². The lowest BCUT2D eigenvalue weighted by molar-refractivity contribution is 0.658. The van der Waals surface area contributed by atoms with Gasteiger partial charge in [0, 0.05) is 17.3 Å². The Morgan fingerprint density at radius 3 is 2.52 bits per heavy atom. The third kappa shape index (κ3) is 3.74. The molecule has 0 fully saturated rings. The largest absolute Gasteiger partial charge is 0.383 e. The van der Waals surface area contributed by atoms with E-state index >= 15 is 0 Å². The van der Waals surface area contributed by atoms with Gasteiger partial charge in [-0.1, -0.05) is 39.5 Å². The predicted octanol–water partition coefficient (Wildman–Crippen LogP) is 4.09. The van der Waals surface area contributed by atoms with Crippen LogP contribution in [0.4, 0.5) is 5.82 Å². The molecule has 4 nitrogen and oxygen atoms in total. The Hall–Kier alpha value is -1.58. The summed E-state index contributed by atoms with van der Waals surface area (Å²) in [6, 6.07) is 2.01. The van der Waals surface area contributed by atoms with Crippen molar-refractivity contribution in [1.82, 2.24) is 14.6 Å². The van der Waals surface area contributed by atoms with Gasteiger partial charge >= 0.3 is 0 Å². The van der Waals surface area contributed by atoms with Crippen LogP contribution in [0.25, 0.3) is 5.65 Å². The predicted molar refractivity (Wildman–Crippen MR) is 88.6 cm³/mol. The Bertz CT molecular complexity index is 586. The van der Waals surface area contributed by atoms with Gasteiger partial charge in [0.25, 0.3) is 0 Å². The SMILES string of the molecule is CCCCCCc1c(CCCC)nc2cc(C)nn2c1N. The number of unbranched alkanes of at least 4 members (excludes halogenated alkanes) is 4. The summed E-state index contributed by atoms with van der Waals surface area (Å²) in [5, 5.41) is 4.47. The van der Waals surface area contributed by atoms with Gasteiger partial charge in [-0.25, -0.2) is 4.98 Å². The zero-order valence-corrected chi connectivity index (χ0v) is 13.7. The van der Waals surface area contributed by atoms with Crippen molar-refractivity contribution in [3.63, 3.8) is 0 Å². The zero-order valence-electron chi connectivity index (χ0n) is 13.7. The first-order valence-corrected chi connectivity index (χ1v) is 8.31. The maximum atomic E-state index is 6.38. The van der Waals surface area contributed by atoms with Crippen molar-refractivity contribution in [2.24, 2.45) is 0 Å². The molecule has 0 bridgehead atoms. The Morgan fingerprint density at radius 1 is 1.05 bits per heavy atom. The van der Waals surface area contributed by atoms with E-state index in [-0.39, 0.29) is 0 Å². The highest BCUT2D eigenvalue weighted by Crippen LogP contribution is 2.22. The Kier molecular flexibility index (Phi) is 5.59. The summed E-state index contributed by atoms with van der Waals surface area (Å²) in [5.74, 6) is 0.788. The zero-order chi connectivity index (χ0) is 15.2. The average molecular weight is 288 g/mol. The summed E-state index contributed by atoms with van der Waals surface area (Å²) in [5.41, 5.74) is 10.6. The Balaban J connectivity index is 2.30. The molecule has 2 N–H and O–H groups in total. The van der Waals surface area contributed by atoms with Crippen LogP contribution in [0, 0.1) is 6.92 Å². The van der Waals surface area contributed by atoms with E-state index in [2.05, 4.69) is 18.9 Å². The van der Waals surface area contributed by atoms with Crippen LogP contribution in [0.5, 0.6) is 0 Å². The summed E-state index contributed by atoms with van der Waals surface area (Å²) in [7, 11) is 0. The molecule has 0 amide bonds. The average Bonchev–Trinajstić information content (AvgIpc) is 2.84. The quantitative estimate of drug-likeness (QED) is 0.744. The molecule has 0 aliphatic heterocycles. The molecule has 2 rings (SSSR count). The summed E-state index contributed by atoms with van der Waals surface area (Å²) in [6.45, 7) is 6.44. The minimum atomic E-state index is 0.788. The fraction of sp³-hybridized carbons (Fsp3) is 0.647. The van der Waals surface area contributed by atoms with E-state index in [9.17, 15) is 0 Å². The van der Waals surface area contributed by atoms with Gasteiger partial charge in [-0.15, -0.1) is 0 Å². The third-order valence-corrected chi connectivity index (χ3v) is 4.00. The van der Waals surface area contributed by atoms with Gasteiger partial charge in [0.2, 0.25) is 0 Å². The molecule has 21 heavy (non-hydrogen) atoms. The lowest BCUT2D eigenvalue weighted by Crippen LogP contribution is -2.10. The number of nitrogens with two attached hydrogens (primary N) is 1. The van der Waals surface area contributed by atoms with E-state index in [0.29, 0.717) is 0 Å². The molecule has 0 saturated heterocycles. The molecule has 116 valence electrons. The number of anilines is 1. The number of nitrogens with zero attached hydrogens (tertiary/aromatic N) is 3. The maximum Gasteiger partial charge on any atom is 0.157 e. The van der Waals surface area contributed by atoms with E-state index in [1.807, 2.05) is 13.0 Å². The lowest BCUT2D eigenvalue weighted by atomic mass is 10.0. The van der Waals surface area contributed by atoms with Crippen LogP contribution in [-0.4, -0.2) is 14.6 Å². The number of aromatic nitrogens is 3. The molecule has 0 saturated carbocycles. The third-order valence-electron chi connectivity index (χ3n) is 4.00. The van der Waals surface area contributed by atoms with E-state index in [1.165, 1.54) is 43.4 Å². The molecule has 0 unspecified atom stereocenters. The van der Waals surface area contributed by atoms with Crippen molar-refractivity contribution < 1.29 is 0 Å². The highest BCUT2D eigenvalue weighted by Gasteiger charge is 2.14. The van der Waals surface area contributed by atoms with Gasteiger partial charge in [0.05, 0.1) is 5.69 Å². The number of hydrogen-bond acceptors (Lipinski definition) is 3. The molecular formula is C17H28N4. The van der Waals surface area contributed by atoms with Crippen molar-refractivity contribution in [2.45, 2.75) is 72.1 Å². The second-order valence-electron chi connectivity index (χ2n) is 5.89. The normalized spacial score (nSPS) is 11.4. The van der Waals surface area contributed by atoms with Crippen LogP contribution < -0.4 is 5.73 Å². The number of nitrogen functional groups attached to an aromatic ring is 1. The first-order valence-electron chi connectivity index (χ1n) is 8.31. The van der Waals surface area contributed by atoms with Gasteiger partial charge in [0.1, 0.15) is 5.82 Å². The van der Waals surface area contributed by atoms with Crippen LogP contribution in [0.2, 0.25) is 0 Å². The molecule has 0 aromatic carbocycles. The van der Waals surface area contributed by atoms with Gasteiger partial charge in [-0.3, -0.25) is 0 Å². The van der Waals surface area contributed by atoms with Crippen molar-refractivity contribution in [1.29, 1.82) is 0 Å². The molecule has 0 aliphatic carbocycles.